The van der Waals surface area contributed by atoms with Crippen LogP contribution in [0, 0.1) is 5.92 Å². The number of hydrogen-bond donors (Lipinski definition) is 2. The summed E-state index contributed by atoms with van der Waals surface area (Å²) in [7, 11) is 0. The molecule has 1 aliphatic carbocycles. The molecule has 98 valence electrons. The lowest BCUT2D eigenvalue weighted by Crippen LogP contribution is -2.45. The van der Waals surface area contributed by atoms with Crippen molar-refractivity contribution in [3.8, 4) is 0 Å². The van der Waals surface area contributed by atoms with E-state index in [1.165, 1.54) is 12.8 Å². The highest BCUT2D eigenvalue weighted by molar-refractivity contribution is 4.93. The van der Waals surface area contributed by atoms with Gasteiger partial charge in [0.05, 0.1) is 18.3 Å². The Balaban J connectivity index is 1.51. The average molecular weight is 241 g/mol. The van der Waals surface area contributed by atoms with Crippen molar-refractivity contribution in [1.82, 2.24) is 5.32 Å². The van der Waals surface area contributed by atoms with Crippen LogP contribution in [-0.2, 0) is 9.47 Å². The normalized spacial score (nSPS) is 39.7. The average Bonchev–Trinajstić information content (AvgIpc) is 3.08. The zero-order valence-corrected chi connectivity index (χ0v) is 10.4. The van der Waals surface area contributed by atoms with Crippen molar-refractivity contribution in [3.63, 3.8) is 0 Å². The van der Waals surface area contributed by atoms with Crippen LogP contribution in [0.15, 0.2) is 0 Å². The fourth-order valence-electron chi connectivity index (χ4n) is 3.00. The minimum atomic E-state index is -0.225. The maximum atomic E-state index is 10.2. The molecule has 4 heteroatoms. The first-order valence-electron chi connectivity index (χ1n) is 6.91. The third kappa shape index (κ3) is 2.81. The van der Waals surface area contributed by atoms with Gasteiger partial charge in [-0.25, -0.2) is 0 Å². The molecule has 3 fully saturated rings. The number of aliphatic hydroxyl groups is 1. The summed E-state index contributed by atoms with van der Waals surface area (Å²) in [6.45, 7) is 3.04. The molecule has 0 amide bonds. The zero-order chi connectivity index (χ0) is 11.7. The molecular formula is C13H23NO3. The topological polar surface area (TPSA) is 50.7 Å². The van der Waals surface area contributed by atoms with Crippen LogP contribution >= 0.6 is 0 Å². The summed E-state index contributed by atoms with van der Waals surface area (Å²) in [6.07, 6.45) is 5.26. The van der Waals surface area contributed by atoms with Crippen LogP contribution in [0.3, 0.4) is 0 Å². The lowest BCUT2D eigenvalue weighted by atomic mass is 9.82. The van der Waals surface area contributed by atoms with Crippen molar-refractivity contribution in [2.75, 3.05) is 26.4 Å². The first kappa shape index (κ1) is 11.9. The SMILES string of the molecule is OC(CNC1CC1)C1CCOC2(CCOC2)C1. The number of aliphatic hydroxyl groups excluding tert-OH is 1. The van der Waals surface area contributed by atoms with Crippen LogP contribution in [0.4, 0.5) is 0 Å². The molecule has 2 saturated heterocycles. The Labute approximate surface area is 103 Å². The minimum Gasteiger partial charge on any atom is -0.392 e. The number of rotatable bonds is 4. The second kappa shape index (κ2) is 4.84. The van der Waals surface area contributed by atoms with Gasteiger partial charge < -0.3 is 19.9 Å². The first-order chi connectivity index (χ1) is 8.27. The number of nitrogens with one attached hydrogen (secondary N) is 1. The van der Waals surface area contributed by atoms with Crippen molar-refractivity contribution < 1.29 is 14.6 Å². The summed E-state index contributed by atoms with van der Waals surface area (Å²) in [6, 6.07) is 0.674. The molecule has 1 saturated carbocycles. The smallest absolute Gasteiger partial charge is 0.0940 e. The Morgan fingerprint density at radius 2 is 2.18 bits per heavy atom. The van der Waals surface area contributed by atoms with E-state index in [9.17, 15) is 5.11 Å². The second-order valence-electron chi connectivity index (χ2n) is 5.84. The summed E-state index contributed by atoms with van der Waals surface area (Å²) in [5.41, 5.74) is -0.0799. The van der Waals surface area contributed by atoms with Crippen LogP contribution in [0.1, 0.15) is 32.1 Å². The van der Waals surface area contributed by atoms with Gasteiger partial charge in [-0.2, -0.15) is 0 Å². The monoisotopic (exact) mass is 241 g/mol. The van der Waals surface area contributed by atoms with Crippen molar-refractivity contribution in [3.05, 3.63) is 0 Å². The Morgan fingerprint density at radius 3 is 2.88 bits per heavy atom. The molecule has 17 heavy (non-hydrogen) atoms. The van der Waals surface area contributed by atoms with Crippen LogP contribution in [0.25, 0.3) is 0 Å². The largest absolute Gasteiger partial charge is 0.392 e. The Kier molecular flexibility index (Phi) is 3.39. The van der Waals surface area contributed by atoms with Crippen molar-refractivity contribution in [2.45, 2.75) is 49.9 Å². The predicted octanol–water partition coefficient (Wildman–Crippen LogP) is 0.685. The maximum Gasteiger partial charge on any atom is 0.0940 e. The highest BCUT2D eigenvalue weighted by Gasteiger charge is 2.42. The van der Waals surface area contributed by atoms with Gasteiger partial charge in [-0.05, 0) is 31.6 Å². The fourth-order valence-corrected chi connectivity index (χ4v) is 3.00. The molecule has 4 nitrogen and oxygen atoms in total. The molecule has 3 aliphatic rings. The van der Waals surface area contributed by atoms with Gasteiger partial charge >= 0.3 is 0 Å². The van der Waals surface area contributed by atoms with Crippen LogP contribution in [0.5, 0.6) is 0 Å². The minimum absolute atomic E-state index is 0.0799. The van der Waals surface area contributed by atoms with Gasteiger partial charge in [-0.3, -0.25) is 0 Å². The van der Waals surface area contributed by atoms with Gasteiger partial charge in [0.2, 0.25) is 0 Å². The van der Waals surface area contributed by atoms with Crippen molar-refractivity contribution in [1.29, 1.82) is 0 Å². The molecule has 0 radical (unpaired) electrons. The molecule has 0 bridgehead atoms. The Bertz CT molecular complexity index is 261. The third-order valence-corrected chi connectivity index (χ3v) is 4.34. The quantitative estimate of drug-likeness (QED) is 0.760. The first-order valence-corrected chi connectivity index (χ1v) is 6.91. The predicted molar refractivity (Wildman–Crippen MR) is 63.9 cm³/mol. The van der Waals surface area contributed by atoms with Gasteiger partial charge in [0.15, 0.2) is 0 Å². The summed E-state index contributed by atoms with van der Waals surface area (Å²) in [5, 5.41) is 13.6. The van der Waals surface area contributed by atoms with Crippen molar-refractivity contribution >= 4 is 0 Å². The molecule has 2 aliphatic heterocycles. The van der Waals surface area contributed by atoms with E-state index in [2.05, 4.69) is 5.32 Å². The number of hydrogen-bond acceptors (Lipinski definition) is 4. The van der Waals surface area contributed by atoms with E-state index in [0.29, 0.717) is 18.6 Å². The van der Waals surface area contributed by atoms with Crippen LogP contribution in [0.2, 0.25) is 0 Å². The van der Waals surface area contributed by atoms with Gasteiger partial charge in [-0.15, -0.1) is 0 Å². The van der Waals surface area contributed by atoms with Gasteiger partial charge in [0.25, 0.3) is 0 Å². The molecule has 3 unspecified atom stereocenters. The summed E-state index contributed by atoms with van der Waals surface area (Å²) >= 11 is 0. The number of ether oxygens (including phenoxy) is 2. The standard InChI is InChI=1S/C13H23NO3/c15-12(8-14-11-1-2-11)10-3-5-17-13(7-10)4-6-16-9-13/h10-12,14-15H,1-9H2. The highest BCUT2D eigenvalue weighted by atomic mass is 16.6. The molecule has 1 spiro atoms. The van der Waals surface area contributed by atoms with E-state index < -0.39 is 0 Å². The molecule has 0 aromatic carbocycles. The fraction of sp³-hybridized carbons (Fsp3) is 1.00. The van der Waals surface area contributed by atoms with Gasteiger partial charge in [0.1, 0.15) is 0 Å². The van der Waals surface area contributed by atoms with Gasteiger partial charge in [0, 0.05) is 32.2 Å². The molecule has 3 atom stereocenters. The van der Waals surface area contributed by atoms with E-state index in [0.717, 1.165) is 39.0 Å². The third-order valence-electron chi connectivity index (χ3n) is 4.34. The molecule has 0 aromatic heterocycles. The van der Waals surface area contributed by atoms with E-state index in [4.69, 9.17) is 9.47 Å². The molecular weight excluding hydrogens is 218 g/mol. The molecule has 3 rings (SSSR count). The molecule has 2 heterocycles. The Hall–Kier alpha value is -0.160. The highest BCUT2D eigenvalue weighted by Crippen LogP contribution is 2.37. The van der Waals surface area contributed by atoms with E-state index in [1.54, 1.807) is 0 Å². The lowest BCUT2D eigenvalue weighted by Gasteiger charge is -2.39. The summed E-state index contributed by atoms with van der Waals surface area (Å²) in [4.78, 5) is 0. The van der Waals surface area contributed by atoms with Crippen molar-refractivity contribution in [2.24, 2.45) is 5.92 Å². The van der Waals surface area contributed by atoms with Crippen LogP contribution in [-0.4, -0.2) is 49.2 Å². The van der Waals surface area contributed by atoms with E-state index in [1.807, 2.05) is 0 Å². The summed E-state index contributed by atoms with van der Waals surface area (Å²) < 4.78 is 11.3. The molecule has 0 aromatic rings. The zero-order valence-electron chi connectivity index (χ0n) is 10.4. The second-order valence-corrected chi connectivity index (χ2v) is 5.84. The van der Waals surface area contributed by atoms with Crippen LogP contribution < -0.4 is 5.32 Å². The Morgan fingerprint density at radius 1 is 1.29 bits per heavy atom. The van der Waals surface area contributed by atoms with E-state index in [-0.39, 0.29) is 11.7 Å². The van der Waals surface area contributed by atoms with E-state index >= 15 is 0 Å². The molecule has 2 N–H and O–H groups in total. The summed E-state index contributed by atoms with van der Waals surface area (Å²) in [5.74, 6) is 0.372. The lowest BCUT2D eigenvalue weighted by molar-refractivity contribution is -0.116. The maximum absolute atomic E-state index is 10.2. The van der Waals surface area contributed by atoms with Gasteiger partial charge in [-0.1, -0.05) is 0 Å².